The Kier molecular flexibility index (Phi) is 5.95. The molecule has 2 aliphatic rings. The maximum atomic E-state index is 14.5. The van der Waals surface area contributed by atoms with E-state index in [-0.39, 0.29) is 36.3 Å². The third-order valence-corrected chi connectivity index (χ3v) is 7.13. The number of hydrogen-bond acceptors (Lipinski definition) is 7. The van der Waals surface area contributed by atoms with Gasteiger partial charge in [-0.05, 0) is 18.2 Å². The van der Waals surface area contributed by atoms with Crippen molar-refractivity contribution in [3.63, 3.8) is 0 Å². The van der Waals surface area contributed by atoms with Crippen molar-refractivity contribution in [3.8, 4) is 5.75 Å². The van der Waals surface area contributed by atoms with Crippen LogP contribution in [-0.4, -0.2) is 64.5 Å². The molecule has 12 heteroatoms. The van der Waals surface area contributed by atoms with E-state index in [2.05, 4.69) is 15.3 Å². The molecule has 2 saturated heterocycles. The van der Waals surface area contributed by atoms with Crippen molar-refractivity contribution in [1.29, 1.82) is 0 Å². The lowest BCUT2D eigenvalue weighted by molar-refractivity contribution is -0.0358. The van der Waals surface area contributed by atoms with Crippen molar-refractivity contribution in [2.75, 3.05) is 37.0 Å². The normalized spacial score (nSPS) is 21.7. The minimum absolute atomic E-state index is 0.0334. The second-order valence-corrected chi connectivity index (χ2v) is 9.30. The Bertz CT molecular complexity index is 1370. The Labute approximate surface area is 210 Å². The molecular formula is C24H23ClFN5O5. The molecule has 2 atom stereocenters. The predicted molar refractivity (Wildman–Crippen MR) is 131 cm³/mol. The number of carbonyl (C=O) groups is 2. The van der Waals surface area contributed by atoms with Crippen molar-refractivity contribution in [3.05, 3.63) is 47.5 Å². The Hall–Kier alpha value is -3.86. The lowest BCUT2D eigenvalue weighted by Crippen LogP contribution is -2.54. The summed E-state index contributed by atoms with van der Waals surface area (Å²) in [6, 6.07) is 7.95. The highest BCUT2D eigenvalue weighted by molar-refractivity contribution is 6.31. The average Bonchev–Trinajstić information content (AvgIpc) is 3.19. The molecule has 2 N–H and O–H groups in total. The summed E-state index contributed by atoms with van der Waals surface area (Å²) in [5.74, 6) is -0.123. The highest BCUT2D eigenvalue weighted by Gasteiger charge is 2.52. The molecule has 0 aliphatic carbocycles. The second kappa shape index (κ2) is 8.98. The predicted octanol–water partition coefficient (Wildman–Crippen LogP) is 4.89. The van der Waals surface area contributed by atoms with Gasteiger partial charge in [0.2, 0.25) is 0 Å². The third-order valence-electron chi connectivity index (χ3n) is 6.84. The molecule has 3 heterocycles. The summed E-state index contributed by atoms with van der Waals surface area (Å²) < 4.78 is 26.0. The molecule has 5 rings (SSSR count). The van der Waals surface area contributed by atoms with Gasteiger partial charge in [0.15, 0.2) is 5.82 Å². The number of ether oxygens (including phenoxy) is 2. The summed E-state index contributed by atoms with van der Waals surface area (Å²) >= 11 is 5.92. The Morgan fingerprint density at radius 2 is 2.17 bits per heavy atom. The molecule has 2 amide bonds. The summed E-state index contributed by atoms with van der Waals surface area (Å²) in [7, 11) is 1.48. The van der Waals surface area contributed by atoms with Gasteiger partial charge in [0.1, 0.15) is 23.5 Å². The van der Waals surface area contributed by atoms with E-state index in [1.54, 1.807) is 18.2 Å². The fourth-order valence-electron chi connectivity index (χ4n) is 4.77. The number of carboxylic acid groups (broad SMARTS) is 1. The highest BCUT2D eigenvalue weighted by atomic mass is 35.5. The number of anilines is 3. The molecule has 2 unspecified atom stereocenters. The van der Waals surface area contributed by atoms with Crippen LogP contribution in [0.4, 0.5) is 31.2 Å². The van der Waals surface area contributed by atoms with Crippen LogP contribution in [0.2, 0.25) is 5.02 Å². The van der Waals surface area contributed by atoms with Gasteiger partial charge in [-0.25, -0.2) is 23.9 Å². The maximum absolute atomic E-state index is 14.5. The molecule has 3 aromatic rings. The molecule has 188 valence electrons. The van der Waals surface area contributed by atoms with Crippen molar-refractivity contribution in [1.82, 2.24) is 14.9 Å². The van der Waals surface area contributed by atoms with Gasteiger partial charge < -0.3 is 24.8 Å². The minimum Gasteiger partial charge on any atom is -0.494 e. The first-order chi connectivity index (χ1) is 17.2. The fraction of sp³-hybridized carbons (Fsp3) is 0.333. The van der Waals surface area contributed by atoms with E-state index in [1.807, 2.05) is 6.92 Å². The Balaban J connectivity index is 1.52. The zero-order valence-electron chi connectivity index (χ0n) is 19.5. The molecular weight excluding hydrogens is 493 g/mol. The van der Waals surface area contributed by atoms with Crippen molar-refractivity contribution < 1.29 is 28.6 Å². The number of nitrogens with zero attached hydrogens (tertiary/aromatic N) is 4. The van der Waals surface area contributed by atoms with Crippen LogP contribution in [0, 0.1) is 11.7 Å². The zero-order chi connectivity index (χ0) is 25.6. The van der Waals surface area contributed by atoms with E-state index in [0.29, 0.717) is 34.6 Å². The van der Waals surface area contributed by atoms with Gasteiger partial charge in [-0.2, -0.15) is 0 Å². The van der Waals surface area contributed by atoms with Crippen LogP contribution in [0.3, 0.4) is 0 Å². The SMILES string of the molecule is COc1cc2ncnc(Nc3cccc(Cl)c3F)c2cc1N1CC2(CCN(C(=O)O)CC2C)OC1=O. The van der Waals surface area contributed by atoms with Crippen LogP contribution >= 0.6 is 11.6 Å². The summed E-state index contributed by atoms with van der Waals surface area (Å²) in [6.45, 7) is 2.63. The van der Waals surface area contributed by atoms with E-state index < -0.39 is 23.6 Å². The number of piperidine rings is 1. The molecule has 2 aromatic carbocycles. The van der Waals surface area contributed by atoms with Crippen LogP contribution < -0.4 is 15.0 Å². The monoisotopic (exact) mass is 515 g/mol. The molecule has 2 aliphatic heterocycles. The van der Waals surface area contributed by atoms with Crippen LogP contribution in [0.1, 0.15) is 13.3 Å². The average molecular weight is 516 g/mol. The number of amides is 2. The smallest absolute Gasteiger partial charge is 0.415 e. The first kappa shape index (κ1) is 23.9. The van der Waals surface area contributed by atoms with Gasteiger partial charge >= 0.3 is 12.2 Å². The first-order valence-electron chi connectivity index (χ1n) is 11.2. The minimum atomic E-state index is -0.995. The Morgan fingerprint density at radius 3 is 2.89 bits per heavy atom. The molecule has 0 radical (unpaired) electrons. The van der Waals surface area contributed by atoms with E-state index >= 15 is 0 Å². The van der Waals surface area contributed by atoms with E-state index in [0.717, 1.165) is 0 Å². The molecule has 2 fully saturated rings. The van der Waals surface area contributed by atoms with Gasteiger partial charge in [-0.3, -0.25) is 4.90 Å². The molecule has 0 saturated carbocycles. The molecule has 36 heavy (non-hydrogen) atoms. The fourth-order valence-corrected chi connectivity index (χ4v) is 4.95. The summed E-state index contributed by atoms with van der Waals surface area (Å²) in [6.07, 6.45) is 0.159. The summed E-state index contributed by atoms with van der Waals surface area (Å²) in [5, 5.41) is 12.8. The first-order valence-corrected chi connectivity index (χ1v) is 11.6. The van der Waals surface area contributed by atoms with Crippen molar-refractivity contribution in [2.24, 2.45) is 5.92 Å². The number of halogens is 2. The topological polar surface area (TPSA) is 117 Å². The number of fused-ring (bicyclic) bond motifs is 1. The van der Waals surface area contributed by atoms with Crippen LogP contribution in [0.15, 0.2) is 36.7 Å². The molecule has 1 aromatic heterocycles. The van der Waals surface area contributed by atoms with Gasteiger partial charge in [-0.15, -0.1) is 0 Å². The van der Waals surface area contributed by atoms with Crippen molar-refractivity contribution >= 4 is 51.9 Å². The largest absolute Gasteiger partial charge is 0.494 e. The molecule has 10 nitrogen and oxygen atoms in total. The lowest BCUT2D eigenvalue weighted by atomic mass is 9.82. The number of methoxy groups -OCH3 is 1. The number of hydrogen-bond donors (Lipinski definition) is 2. The third kappa shape index (κ3) is 3.98. The number of nitrogens with one attached hydrogen (secondary N) is 1. The number of rotatable bonds is 4. The van der Waals surface area contributed by atoms with E-state index in [4.69, 9.17) is 21.1 Å². The van der Waals surface area contributed by atoms with Gasteiger partial charge in [0, 0.05) is 36.9 Å². The summed E-state index contributed by atoms with van der Waals surface area (Å²) in [4.78, 5) is 35.8. The van der Waals surface area contributed by atoms with Gasteiger partial charge in [0.05, 0.1) is 35.6 Å². The van der Waals surface area contributed by atoms with Crippen LogP contribution in [0.25, 0.3) is 10.9 Å². The zero-order valence-corrected chi connectivity index (χ0v) is 20.3. The van der Waals surface area contributed by atoms with Crippen molar-refractivity contribution in [2.45, 2.75) is 18.9 Å². The highest BCUT2D eigenvalue weighted by Crippen LogP contribution is 2.43. The quantitative estimate of drug-likeness (QED) is 0.504. The lowest BCUT2D eigenvalue weighted by Gasteiger charge is -2.41. The van der Waals surface area contributed by atoms with Crippen LogP contribution in [-0.2, 0) is 4.74 Å². The van der Waals surface area contributed by atoms with Gasteiger partial charge in [-0.1, -0.05) is 24.6 Å². The second-order valence-electron chi connectivity index (χ2n) is 8.89. The van der Waals surface area contributed by atoms with Gasteiger partial charge in [0.25, 0.3) is 0 Å². The Morgan fingerprint density at radius 1 is 1.36 bits per heavy atom. The molecule has 1 spiro atoms. The molecule has 0 bridgehead atoms. The maximum Gasteiger partial charge on any atom is 0.415 e. The summed E-state index contributed by atoms with van der Waals surface area (Å²) in [5.41, 5.74) is 0.254. The van der Waals surface area contributed by atoms with E-state index in [1.165, 1.54) is 35.4 Å². The van der Waals surface area contributed by atoms with E-state index in [9.17, 15) is 19.1 Å². The number of likely N-dealkylation sites (tertiary alicyclic amines) is 1. The number of aromatic nitrogens is 2. The standard InChI is InChI=1S/C24H23ClFN5O5/c1-13-10-30(22(32)33)7-6-24(13)11-31(23(34)36-24)18-8-14-17(9-19(18)35-2)27-12-28-21(14)29-16-5-3-4-15(25)20(16)26/h3-5,8-9,12-13H,6-7,10-11H2,1-2H3,(H,32,33)(H,27,28,29). The number of benzene rings is 2. The number of carbonyl (C=O) groups excluding carboxylic acids is 1. The van der Waals surface area contributed by atoms with Crippen LogP contribution in [0.5, 0.6) is 5.75 Å².